The molecular formula is C19H12Cl2N2O4S. The summed E-state index contributed by atoms with van der Waals surface area (Å²) in [7, 11) is 1.28. The van der Waals surface area contributed by atoms with Crippen molar-refractivity contribution in [2.75, 3.05) is 12.0 Å². The van der Waals surface area contributed by atoms with Crippen molar-refractivity contribution in [2.45, 2.75) is 0 Å². The van der Waals surface area contributed by atoms with Crippen molar-refractivity contribution in [1.82, 2.24) is 5.32 Å². The Balaban J connectivity index is 1.99. The molecule has 6 nitrogen and oxygen atoms in total. The predicted molar refractivity (Wildman–Crippen MR) is 110 cm³/mol. The maximum Gasteiger partial charge on any atom is 0.337 e. The lowest BCUT2D eigenvalue weighted by atomic mass is 10.1. The van der Waals surface area contributed by atoms with E-state index in [0.29, 0.717) is 11.1 Å². The number of carbonyl (C=O) groups excluding carboxylic acids is 3. The summed E-state index contributed by atoms with van der Waals surface area (Å²) in [5, 5.41) is 2.75. The molecule has 28 heavy (non-hydrogen) atoms. The van der Waals surface area contributed by atoms with Gasteiger partial charge in [0.25, 0.3) is 11.8 Å². The molecule has 0 aromatic heterocycles. The number of hydrogen-bond acceptors (Lipinski definition) is 5. The lowest BCUT2D eigenvalue weighted by Gasteiger charge is -2.29. The molecule has 3 rings (SSSR count). The number of anilines is 1. The second-order valence-electron chi connectivity index (χ2n) is 5.64. The van der Waals surface area contributed by atoms with E-state index in [0.717, 1.165) is 4.90 Å². The number of halogens is 2. The molecule has 0 bridgehead atoms. The molecule has 0 spiro atoms. The van der Waals surface area contributed by atoms with E-state index in [4.69, 9.17) is 35.4 Å². The summed E-state index contributed by atoms with van der Waals surface area (Å²) in [6.45, 7) is 0. The van der Waals surface area contributed by atoms with Crippen molar-refractivity contribution < 1.29 is 19.1 Å². The lowest BCUT2D eigenvalue weighted by Crippen LogP contribution is -2.54. The van der Waals surface area contributed by atoms with Crippen molar-refractivity contribution in [2.24, 2.45) is 0 Å². The van der Waals surface area contributed by atoms with E-state index in [1.165, 1.54) is 25.3 Å². The fourth-order valence-electron chi connectivity index (χ4n) is 2.54. The molecule has 1 aliphatic heterocycles. The Bertz CT molecular complexity index is 1030. The minimum absolute atomic E-state index is 0.0997. The van der Waals surface area contributed by atoms with Crippen LogP contribution in [0.4, 0.5) is 5.69 Å². The van der Waals surface area contributed by atoms with Gasteiger partial charge in [0.15, 0.2) is 5.11 Å². The molecular weight excluding hydrogens is 423 g/mol. The highest BCUT2D eigenvalue weighted by atomic mass is 35.5. The molecule has 1 aliphatic rings. The fourth-order valence-corrected chi connectivity index (χ4v) is 3.20. The van der Waals surface area contributed by atoms with Gasteiger partial charge >= 0.3 is 5.97 Å². The van der Waals surface area contributed by atoms with Gasteiger partial charge in [0.05, 0.1) is 28.4 Å². The lowest BCUT2D eigenvalue weighted by molar-refractivity contribution is -0.122. The number of methoxy groups -OCH3 is 1. The largest absolute Gasteiger partial charge is 0.465 e. The molecule has 142 valence electrons. The Hall–Kier alpha value is -2.74. The van der Waals surface area contributed by atoms with Gasteiger partial charge in [-0.1, -0.05) is 41.4 Å². The van der Waals surface area contributed by atoms with E-state index >= 15 is 0 Å². The monoisotopic (exact) mass is 434 g/mol. The zero-order valence-corrected chi connectivity index (χ0v) is 16.7. The van der Waals surface area contributed by atoms with Gasteiger partial charge in [-0.05, 0) is 48.1 Å². The molecule has 1 saturated heterocycles. The first-order valence-electron chi connectivity index (χ1n) is 7.87. The van der Waals surface area contributed by atoms with Gasteiger partial charge < -0.3 is 4.74 Å². The second-order valence-corrected chi connectivity index (χ2v) is 6.82. The van der Waals surface area contributed by atoms with Crippen molar-refractivity contribution in [3.05, 3.63) is 69.2 Å². The number of nitrogens with zero attached hydrogens (tertiary/aromatic N) is 1. The second kappa shape index (κ2) is 8.10. The first kappa shape index (κ1) is 20.0. The summed E-state index contributed by atoms with van der Waals surface area (Å²) >= 11 is 17.4. The zero-order valence-electron chi connectivity index (χ0n) is 14.4. The van der Waals surface area contributed by atoms with E-state index in [1.54, 1.807) is 30.3 Å². The number of hydrogen-bond donors (Lipinski definition) is 1. The van der Waals surface area contributed by atoms with Gasteiger partial charge in [-0.25, -0.2) is 4.79 Å². The van der Waals surface area contributed by atoms with E-state index < -0.39 is 17.8 Å². The smallest absolute Gasteiger partial charge is 0.337 e. The molecule has 0 radical (unpaired) electrons. The third-order valence-electron chi connectivity index (χ3n) is 3.92. The van der Waals surface area contributed by atoms with Crippen molar-refractivity contribution >= 4 is 70.1 Å². The Labute approximate surface area is 175 Å². The van der Waals surface area contributed by atoms with E-state index in [2.05, 4.69) is 10.1 Å². The topological polar surface area (TPSA) is 75.7 Å². The minimum Gasteiger partial charge on any atom is -0.465 e. The number of nitrogens with one attached hydrogen (secondary N) is 1. The van der Waals surface area contributed by atoms with Crippen molar-refractivity contribution in [1.29, 1.82) is 0 Å². The minimum atomic E-state index is -0.644. The third-order valence-corrected chi connectivity index (χ3v) is 5.01. The number of rotatable bonds is 3. The highest BCUT2D eigenvalue weighted by Crippen LogP contribution is 2.34. The normalized spacial score (nSPS) is 15.6. The molecule has 9 heteroatoms. The molecule has 1 fully saturated rings. The Morgan fingerprint density at radius 1 is 1.14 bits per heavy atom. The van der Waals surface area contributed by atoms with Crippen LogP contribution in [0.3, 0.4) is 0 Å². The van der Waals surface area contributed by atoms with Crippen molar-refractivity contribution in [3.63, 3.8) is 0 Å². The Kier molecular flexibility index (Phi) is 5.79. The van der Waals surface area contributed by atoms with E-state index in [9.17, 15) is 14.4 Å². The van der Waals surface area contributed by atoms with Gasteiger partial charge in [0.2, 0.25) is 0 Å². The Morgan fingerprint density at radius 2 is 1.82 bits per heavy atom. The van der Waals surface area contributed by atoms with E-state index in [1.807, 2.05) is 0 Å². The average Bonchev–Trinajstić information content (AvgIpc) is 2.68. The number of benzene rings is 2. The van der Waals surface area contributed by atoms with Crippen LogP contribution >= 0.6 is 35.4 Å². The molecule has 0 saturated carbocycles. The molecule has 0 atom stereocenters. The maximum atomic E-state index is 13.0. The first-order chi connectivity index (χ1) is 13.3. The maximum absolute atomic E-state index is 13.0. The van der Waals surface area contributed by atoms with E-state index in [-0.39, 0.29) is 26.4 Å². The standard InChI is InChI=1S/C19H12Cl2N2O4S/c1-27-18(26)11-7-5-10(6-8-11)9-12-16(24)22-19(28)23(17(12)25)14-4-2-3-13(20)15(14)21/h2-9H,1H3,(H,22,24,28)/b12-9+. The molecule has 0 unspecified atom stereocenters. The van der Waals surface area contributed by atoms with Gasteiger partial charge in [0.1, 0.15) is 5.57 Å². The number of amides is 2. The van der Waals surface area contributed by atoms with Gasteiger partial charge in [-0.15, -0.1) is 0 Å². The summed E-state index contributed by atoms with van der Waals surface area (Å²) in [6.07, 6.45) is 1.39. The zero-order chi connectivity index (χ0) is 20.4. The summed E-state index contributed by atoms with van der Waals surface area (Å²) in [5.41, 5.74) is 1.00. The van der Waals surface area contributed by atoms with Gasteiger partial charge in [-0.3, -0.25) is 19.8 Å². The highest BCUT2D eigenvalue weighted by Gasteiger charge is 2.35. The molecule has 1 heterocycles. The molecule has 2 aromatic carbocycles. The van der Waals surface area contributed by atoms with Gasteiger partial charge in [-0.2, -0.15) is 0 Å². The molecule has 1 N–H and O–H groups in total. The van der Waals surface area contributed by atoms with Gasteiger partial charge in [0, 0.05) is 0 Å². The van der Waals surface area contributed by atoms with Crippen LogP contribution in [0.25, 0.3) is 6.08 Å². The Morgan fingerprint density at radius 3 is 2.46 bits per heavy atom. The van der Waals surface area contributed by atoms with Crippen LogP contribution in [-0.2, 0) is 14.3 Å². The predicted octanol–water partition coefficient (Wildman–Crippen LogP) is 3.61. The average molecular weight is 435 g/mol. The van der Waals surface area contributed by atoms with Crippen LogP contribution in [0, 0.1) is 0 Å². The highest BCUT2D eigenvalue weighted by molar-refractivity contribution is 7.80. The first-order valence-corrected chi connectivity index (χ1v) is 9.03. The van der Waals surface area contributed by atoms with Crippen molar-refractivity contribution in [3.8, 4) is 0 Å². The van der Waals surface area contributed by atoms with Crippen LogP contribution in [0.2, 0.25) is 10.0 Å². The summed E-state index contributed by atoms with van der Waals surface area (Å²) < 4.78 is 4.64. The van der Waals surface area contributed by atoms with Crippen LogP contribution in [0.1, 0.15) is 15.9 Å². The number of thiocarbonyl (C=S) groups is 1. The van der Waals surface area contributed by atoms with Crippen LogP contribution < -0.4 is 10.2 Å². The molecule has 2 amide bonds. The summed E-state index contributed by atoms with van der Waals surface area (Å²) in [4.78, 5) is 37.9. The summed E-state index contributed by atoms with van der Waals surface area (Å²) in [5.74, 6) is -1.77. The SMILES string of the molecule is COC(=O)c1ccc(/C=C2\C(=O)NC(=S)N(c3cccc(Cl)c3Cl)C2=O)cc1. The number of carbonyl (C=O) groups is 3. The quantitative estimate of drug-likeness (QED) is 0.345. The number of ether oxygens (including phenoxy) is 1. The molecule has 0 aliphatic carbocycles. The number of esters is 1. The third kappa shape index (κ3) is 3.77. The van der Waals surface area contributed by atoms with Crippen LogP contribution in [-0.4, -0.2) is 30.0 Å². The molecule has 2 aromatic rings. The van der Waals surface area contributed by atoms with Crippen LogP contribution in [0.15, 0.2) is 48.0 Å². The fraction of sp³-hybridized carbons (Fsp3) is 0.0526. The van der Waals surface area contributed by atoms with Crippen LogP contribution in [0.5, 0.6) is 0 Å². The summed E-state index contributed by atoms with van der Waals surface area (Å²) in [6, 6.07) is 11.0.